The van der Waals surface area contributed by atoms with Gasteiger partial charge in [0.1, 0.15) is 0 Å². The van der Waals surface area contributed by atoms with Crippen molar-refractivity contribution in [3.05, 3.63) is 52.4 Å². The molecule has 0 aliphatic carbocycles. The molecule has 2 aromatic rings. The zero-order chi connectivity index (χ0) is 12.3. The Kier molecular flexibility index (Phi) is 3.83. The molecule has 1 N–H and O–H groups in total. The van der Waals surface area contributed by atoms with Crippen LogP contribution in [0.5, 0.6) is 0 Å². The maximum absolute atomic E-state index is 4.30. The number of anilines is 2. The SMILES string of the molecule is C=CCn1ccnc1Nc1cccc(I)c1C. The molecule has 0 radical (unpaired) electrons. The van der Waals surface area contributed by atoms with Crippen LogP contribution in [0.3, 0.4) is 0 Å². The summed E-state index contributed by atoms with van der Waals surface area (Å²) in [6, 6.07) is 6.19. The van der Waals surface area contributed by atoms with Crippen molar-refractivity contribution in [2.24, 2.45) is 0 Å². The van der Waals surface area contributed by atoms with E-state index in [1.165, 1.54) is 9.13 Å². The highest BCUT2D eigenvalue weighted by Crippen LogP contribution is 2.23. The van der Waals surface area contributed by atoms with Crippen LogP contribution in [0, 0.1) is 10.5 Å². The number of nitrogens with zero attached hydrogens (tertiary/aromatic N) is 2. The molecule has 1 heterocycles. The highest BCUT2D eigenvalue weighted by atomic mass is 127. The molecule has 1 aromatic heterocycles. The lowest BCUT2D eigenvalue weighted by molar-refractivity contribution is 0.832. The molecule has 0 amide bonds. The molecule has 2 rings (SSSR count). The van der Waals surface area contributed by atoms with Crippen molar-refractivity contribution >= 4 is 34.2 Å². The van der Waals surface area contributed by atoms with E-state index in [1.54, 1.807) is 6.20 Å². The lowest BCUT2D eigenvalue weighted by Crippen LogP contribution is -2.03. The summed E-state index contributed by atoms with van der Waals surface area (Å²) in [6.45, 7) is 6.60. The van der Waals surface area contributed by atoms with Crippen molar-refractivity contribution in [2.75, 3.05) is 5.32 Å². The van der Waals surface area contributed by atoms with Crippen molar-refractivity contribution < 1.29 is 0 Å². The molecule has 0 unspecified atom stereocenters. The minimum absolute atomic E-state index is 0.755. The van der Waals surface area contributed by atoms with Crippen LogP contribution in [-0.4, -0.2) is 9.55 Å². The normalized spacial score (nSPS) is 10.2. The second kappa shape index (κ2) is 5.35. The first-order valence-electron chi connectivity index (χ1n) is 5.36. The summed E-state index contributed by atoms with van der Waals surface area (Å²) >= 11 is 2.33. The van der Waals surface area contributed by atoms with Crippen LogP contribution < -0.4 is 5.32 Å². The van der Waals surface area contributed by atoms with Gasteiger partial charge in [0.25, 0.3) is 0 Å². The average molecular weight is 339 g/mol. The summed E-state index contributed by atoms with van der Waals surface area (Å²) in [4.78, 5) is 4.30. The molecule has 3 nitrogen and oxygen atoms in total. The highest BCUT2D eigenvalue weighted by molar-refractivity contribution is 14.1. The largest absolute Gasteiger partial charge is 0.325 e. The third-order valence-corrected chi connectivity index (χ3v) is 3.72. The van der Waals surface area contributed by atoms with E-state index in [-0.39, 0.29) is 0 Å². The molecule has 17 heavy (non-hydrogen) atoms. The molecule has 88 valence electrons. The lowest BCUT2D eigenvalue weighted by Gasteiger charge is -2.11. The average Bonchev–Trinajstić information content (AvgIpc) is 2.73. The van der Waals surface area contributed by atoms with Gasteiger partial charge in [-0.2, -0.15) is 0 Å². The van der Waals surface area contributed by atoms with Crippen molar-refractivity contribution in [3.63, 3.8) is 0 Å². The monoisotopic (exact) mass is 339 g/mol. The molecule has 4 heteroatoms. The molecule has 0 saturated heterocycles. The van der Waals surface area contributed by atoms with Crippen LogP contribution in [0.25, 0.3) is 0 Å². The van der Waals surface area contributed by atoms with Gasteiger partial charge < -0.3 is 9.88 Å². The first-order chi connectivity index (χ1) is 8.22. The fourth-order valence-electron chi connectivity index (χ4n) is 1.58. The zero-order valence-corrected chi connectivity index (χ0v) is 11.8. The van der Waals surface area contributed by atoms with Crippen molar-refractivity contribution in [1.29, 1.82) is 0 Å². The van der Waals surface area contributed by atoms with Crippen LogP contribution >= 0.6 is 22.6 Å². The van der Waals surface area contributed by atoms with Gasteiger partial charge in [-0.05, 0) is 47.2 Å². The van der Waals surface area contributed by atoms with Crippen molar-refractivity contribution in [2.45, 2.75) is 13.5 Å². The number of aromatic nitrogens is 2. The molecule has 0 saturated carbocycles. The van der Waals surface area contributed by atoms with E-state index in [1.807, 2.05) is 22.9 Å². The van der Waals surface area contributed by atoms with Gasteiger partial charge in [0.15, 0.2) is 0 Å². The molecule has 0 spiro atoms. The fraction of sp³-hybridized carbons (Fsp3) is 0.154. The minimum Gasteiger partial charge on any atom is -0.325 e. The number of hydrogen-bond donors (Lipinski definition) is 1. The van der Waals surface area contributed by atoms with Crippen molar-refractivity contribution in [1.82, 2.24) is 9.55 Å². The van der Waals surface area contributed by atoms with Gasteiger partial charge in [-0.1, -0.05) is 12.1 Å². The van der Waals surface area contributed by atoms with E-state index in [0.717, 1.165) is 18.2 Å². The van der Waals surface area contributed by atoms with Crippen LogP contribution in [0.4, 0.5) is 11.6 Å². The molecular formula is C13H14IN3. The van der Waals surface area contributed by atoms with E-state index in [0.29, 0.717) is 0 Å². The van der Waals surface area contributed by atoms with Gasteiger partial charge in [-0.15, -0.1) is 6.58 Å². The highest BCUT2D eigenvalue weighted by Gasteiger charge is 2.05. The summed E-state index contributed by atoms with van der Waals surface area (Å²) < 4.78 is 3.26. The summed E-state index contributed by atoms with van der Waals surface area (Å²) in [5, 5.41) is 3.35. The summed E-state index contributed by atoms with van der Waals surface area (Å²) in [5.74, 6) is 0.843. The first kappa shape index (κ1) is 12.2. The number of rotatable bonds is 4. The number of nitrogens with one attached hydrogen (secondary N) is 1. The Morgan fingerprint density at radius 1 is 1.53 bits per heavy atom. The van der Waals surface area contributed by atoms with Gasteiger partial charge in [0, 0.05) is 28.2 Å². The van der Waals surface area contributed by atoms with E-state index in [9.17, 15) is 0 Å². The number of allylic oxidation sites excluding steroid dienone is 1. The Morgan fingerprint density at radius 3 is 3.12 bits per heavy atom. The third-order valence-electron chi connectivity index (χ3n) is 2.56. The van der Waals surface area contributed by atoms with E-state index in [4.69, 9.17) is 0 Å². The lowest BCUT2D eigenvalue weighted by atomic mass is 10.2. The maximum atomic E-state index is 4.30. The van der Waals surface area contributed by atoms with E-state index < -0.39 is 0 Å². The minimum atomic E-state index is 0.755. The molecule has 0 fully saturated rings. The van der Waals surface area contributed by atoms with Gasteiger partial charge >= 0.3 is 0 Å². The quantitative estimate of drug-likeness (QED) is 0.680. The Balaban J connectivity index is 2.28. The topological polar surface area (TPSA) is 29.9 Å². The number of imidazole rings is 1. The predicted octanol–water partition coefficient (Wildman–Crippen LogP) is 3.73. The first-order valence-corrected chi connectivity index (χ1v) is 6.44. The van der Waals surface area contributed by atoms with E-state index in [2.05, 4.69) is 58.5 Å². The van der Waals surface area contributed by atoms with Gasteiger partial charge in [0.05, 0.1) is 0 Å². The Bertz CT molecular complexity index is 531. The Morgan fingerprint density at radius 2 is 2.35 bits per heavy atom. The van der Waals surface area contributed by atoms with Gasteiger partial charge in [-0.3, -0.25) is 0 Å². The predicted molar refractivity (Wildman–Crippen MR) is 79.6 cm³/mol. The van der Waals surface area contributed by atoms with Crippen LogP contribution in [0.15, 0.2) is 43.2 Å². The Labute approximate surface area is 115 Å². The standard InChI is InChI=1S/C13H14IN3/c1-3-8-17-9-7-15-13(17)16-12-6-4-5-11(14)10(12)2/h3-7,9H,1,8H2,2H3,(H,15,16). The number of halogens is 1. The van der Waals surface area contributed by atoms with Gasteiger partial charge in [-0.25, -0.2) is 4.98 Å². The van der Waals surface area contributed by atoms with Crippen molar-refractivity contribution in [3.8, 4) is 0 Å². The number of benzene rings is 1. The number of hydrogen-bond acceptors (Lipinski definition) is 2. The maximum Gasteiger partial charge on any atom is 0.207 e. The zero-order valence-electron chi connectivity index (χ0n) is 9.65. The molecule has 0 atom stereocenters. The summed E-state index contributed by atoms with van der Waals surface area (Å²) in [6.07, 6.45) is 5.58. The summed E-state index contributed by atoms with van der Waals surface area (Å²) in [5.41, 5.74) is 2.33. The van der Waals surface area contributed by atoms with Crippen LogP contribution in [0.1, 0.15) is 5.56 Å². The molecular weight excluding hydrogens is 325 g/mol. The molecule has 1 aromatic carbocycles. The smallest absolute Gasteiger partial charge is 0.207 e. The fourth-order valence-corrected chi connectivity index (χ4v) is 2.08. The summed E-state index contributed by atoms with van der Waals surface area (Å²) in [7, 11) is 0. The second-order valence-corrected chi connectivity index (χ2v) is 4.89. The Hall–Kier alpha value is -1.30. The van der Waals surface area contributed by atoms with Gasteiger partial charge in [0.2, 0.25) is 5.95 Å². The molecule has 0 aliphatic rings. The van der Waals surface area contributed by atoms with E-state index >= 15 is 0 Å². The second-order valence-electron chi connectivity index (χ2n) is 3.73. The van der Waals surface area contributed by atoms with Crippen LogP contribution in [0.2, 0.25) is 0 Å². The molecule has 0 bridgehead atoms. The van der Waals surface area contributed by atoms with Crippen LogP contribution in [-0.2, 0) is 6.54 Å². The molecule has 0 aliphatic heterocycles. The third kappa shape index (κ3) is 2.69.